The first kappa shape index (κ1) is 15.3. The molecule has 1 amide bonds. The number of fused-ring (bicyclic) bond motifs is 1. The molecular formula is C16H18N4O3. The Morgan fingerprint density at radius 3 is 2.83 bits per heavy atom. The maximum absolute atomic E-state index is 12.3. The van der Waals surface area contributed by atoms with Gasteiger partial charge in [0.2, 0.25) is 5.91 Å². The molecule has 3 rings (SSSR count). The van der Waals surface area contributed by atoms with E-state index in [1.54, 1.807) is 6.07 Å². The second-order valence-corrected chi connectivity index (χ2v) is 6.19. The number of anilines is 1. The zero-order valence-electron chi connectivity index (χ0n) is 12.7. The van der Waals surface area contributed by atoms with Crippen molar-refractivity contribution in [2.75, 3.05) is 18.0 Å². The first-order valence-corrected chi connectivity index (χ1v) is 7.77. The molecule has 0 spiro atoms. The summed E-state index contributed by atoms with van der Waals surface area (Å²) in [5.74, 6) is -0.201. The lowest BCUT2D eigenvalue weighted by molar-refractivity contribution is -0.384. The summed E-state index contributed by atoms with van der Waals surface area (Å²) in [6, 6.07) is 7.00. The minimum Gasteiger partial charge on any atom is -0.361 e. The maximum Gasteiger partial charge on any atom is 0.271 e. The number of carbonyl (C=O) groups excluding carboxylic acids is 1. The molecule has 23 heavy (non-hydrogen) atoms. The topological polar surface area (TPSA) is 99.3 Å². The molecule has 1 saturated carbocycles. The number of hydrogen-bond donors (Lipinski definition) is 1. The molecule has 0 radical (unpaired) electrons. The molecule has 1 heterocycles. The first-order chi connectivity index (χ1) is 11.0. The van der Waals surface area contributed by atoms with Crippen LogP contribution in [0.4, 0.5) is 11.4 Å². The van der Waals surface area contributed by atoms with Gasteiger partial charge in [0, 0.05) is 24.4 Å². The van der Waals surface area contributed by atoms with Crippen LogP contribution in [-0.2, 0) is 11.2 Å². The average molecular weight is 314 g/mol. The van der Waals surface area contributed by atoms with Crippen molar-refractivity contribution < 1.29 is 9.72 Å². The van der Waals surface area contributed by atoms with E-state index in [1.807, 2.05) is 4.90 Å². The summed E-state index contributed by atoms with van der Waals surface area (Å²) < 4.78 is 0. The van der Waals surface area contributed by atoms with Gasteiger partial charge < -0.3 is 10.2 Å². The molecule has 0 saturated heterocycles. The van der Waals surface area contributed by atoms with Crippen molar-refractivity contribution in [2.45, 2.75) is 37.6 Å². The summed E-state index contributed by atoms with van der Waals surface area (Å²) >= 11 is 0. The van der Waals surface area contributed by atoms with Crippen LogP contribution < -0.4 is 10.2 Å². The van der Waals surface area contributed by atoms with Gasteiger partial charge in [0.25, 0.3) is 5.69 Å². The zero-order chi connectivity index (χ0) is 16.4. The molecule has 7 nitrogen and oxygen atoms in total. The fourth-order valence-electron chi connectivity index (χ4n) is 3.43. The lowest BCUT2D eigenvalue weighted by Gasteiger charge is -2.25. The summed E-state index contributed by atoms with van der Waals surface area (Å²) in [4.78, 5) is 24.6. The van der Waals surface area contributed by atoms with Gasteiger partial charge in [0.1, 0.15) is 5.54 Å². The number of non-ortho nitro benzene ring substituents is 1. The Hall–Kier alpha value is -2.62. The Morgan fingerprint density at radius 1 is 1.43 bits per heavy atom. The summed E-state index contributed by atoms with van der Waals surface area (Å²) in [6.07, 6.45) is 4.05. The highest BCUT2D eigenvalue weighted by Crippen LogP contribution is 2.32. The van der Waals surface area contributed by atoms with Gasteiger partial charge in [0.15, 0.2) is 0 Å². The molecule has 0 unspecified atom stereocenters. The minimum absolute atomic E-state index is 0.0281. The molecule has 120 valence electrons. The lowest BCUT2D eigenvalue weighted by Crippen LogP contribution is -2.48. The van der Waals surface area contributed by atoms with E-state index in [9.17, 15) is 20.2 Å². The number of nitrogens with one attached hydrogen (secondary N) is 1. The molecule has 1 aliphatic carbocycles. The summed E-state index contributed by atoms with van der Waals surface area (Å²) in [5.41, 5.74) is 1.05. The Balaban J connectivity index is 1.71. The van der Waals surface area contributed by atoms with Crippen LogP contribution >= 0.6 is 0 Å². The number of rotatable bonds is 4. The van der Waals surface area contributed by atoms with Crippen molar-refractivity contribution in [1.82, 2.24) is 5.32 Å². The molecule has 0 atom stereocenters. The van der Waals surface area contributed by atoms with E-state index in [0.717, 1.165) is 30.5 Å². The molecule has 1 aromatic carbocycles. The van der Waals surface area contributed by atoms with Gasteiger partial charge in [-0.2, -0.15) is 5.26 Å². The van der Waals surface area contributed by atoms with Crippen molar-refractivity contribution in [3.63, 3.8) is 0 Å². The molecular weight excluding hydrogens is 296 g/mol. The Labute approximate surface area is 134 Å². The number of nitriles is 1. The fourth-order valence-corrected chi connectivity index (χ4v) is 3.43. The van der Waals surface area contributed by atoms with Gasteiger partial charge in [-0.1, -0.05) is 6.07 Å². The van der Waals surface area contributed by atoms with E-state index in [4.69, 9.17) is 0 Å². The molecule has 2 aliphatic rings. The van der Waals surface area contributed by atoms with Crippen LogP contribution in [0.2, 0.25) is 0 Å². The number of amides is 1. The van der Waals surface area contributed by atoms with Crippen molar-refractivity contribution in [1.29, 1.82) is 5.26 Å². The highest BCUT2D eigenvalue weighted by atomic mass is 16.6. The van der Waals surface area contributed by atoms with Gasteiger partial charge in [-0.3, -0.25) is 14.9 Å². The van der Waals surface area contributed by atoms with E-state index < -0.39 is 10.5 Å². The van der Waals surface area contributed by atoms with Crippen LogP contribution in [0.3, 0.4) is 0 Å². The molecule has 0 bridgehead atoms. The number of carbonyl (C=O) groups is 1. The Morgan fingerprint density at radius 2 is 2.17 bits per heavy atom. The molecule has 1 N–H and O–H groups in total. The monoisotopic (exact) mass is 314 g/mol. The normalized spacial score (nSPS) is 18.3. The minimum atomic E-state index is -0.734. The second kappa shape index (κ2) is 5.88. The predicted octanol–water partition coefficient (Wildman–Crippen LogP) is 1.91. The lowest BCUT2D eigenvalue weighted by atomic mass is 10.00. The summed E-state index contributed by atoms with van der Waals surface area (Å²) in [7, 11) is 0. The van der Waals surface area contributed by atoms with Crippen molar-refractivity contribution in [3.05, 3.63) is 33.9 Å². The molecule has 1 aromatic rings. The van der Waals surface area contributed by atoms with Crippen molar-refractivity contribution in [2.24, 2.45) is 0 Å². The summed E-state index contributed by atoms with van der Waals surface area (Å²) in [6.45, 7) is 0.779. The third-order valence-electron chi connectivity index (χ3n) is 4.66. The molecule has 1 fully saturated rings. The molecule has 1 aliphatic heterocycles. The van der Waals surface area contributed by atoms with Gasteiger partial charge >= 0.3 is 0 Å². The van der Waals surface area contributed by atoms with E-state index in [0.29, 0.717) is 19.4 Å². The van der Waals surface area contributed by atoms with Gasteiger partial charge in [-0.25, -0.2) is 0 Å². The van der Waals surface area contributed by atoms with E-state index in [-0.39, 0.29) is 18.1 Å². The Kier molecular flexibility index (Phi) is 3.90. The number of nitrogens with zero attached hydrogens (tertiary/aromatic N) is 3. The third kappa shape index (κ3) is 2.97. The predicted molar refractivity (Wildman–Crippen MR) is 84.0 cm³/mol. The standard InChI is InChI=1S/C16H18N4O3/c17-11-16(6-1-2-7-16)18-15(21)10-19-8-5-12-3-4-13(20(22)23)9-14(12)19/h3-4,9H,1-2,5-8,10H2,(H,18,21). The third-order valence-corrected chi connectivity index (χ3v) is 4.66. The van der Waals surface area contributed by atoms with Crippen LogP contribution in [0, 0.1) is 21.4 Å². The van der Waals surface area contributed by atoms with Crippen LogP contribution in [0.1, 0.15) is 31.2 Å². The summed E-state index contributed by atoms with van der Waals surface area (Å²) in [5, 5.41) is 23.1. The zero-order valence-corrected chi connectivity index (χ0v) is 12.7. The number of nitro benzene ring substituents is 1. The van der Waals surface area contributed by atoms with Crippen molar-refractivity contribution >= 4 is 17.3 Å². The van der Waals surface area contributed by atoms with E-state index in [1.165, 1.54) is 12.1 Å². The van der Waals surface area contributed by atoms with E-state index in [2.05, 4.69) is 11.4 Å². The largest absolute Gasteiger partial charge is 0.361 e. The number of nitro groups is 1. The highest BCUT2D eigenvalue weighted by Gasteiger charge is 2.36. The van der Waals surface area contributed by atoms with Crippen LogP contribution in [0.5, 0.6) is 0 Å². The Bertz CT molecular complexity index is 689. The SMILES string of the molecule is N#CC1(NC(=O)CN2CCc3ccc([N+](=O)[O-])cc32)CCCC1. The highest BCUT2D eigenvalue weighted by molar-refractivity contribution is 5.83. The van der Waals surface area contributed by atoms with Gasteiger partial charge in [-0.05, 0) is 37.7 Å². The van der Waals surface area contributed by atoms with Crippen LogP contribution in [0.25, 0.3) is 0 Å². The quantitative estimate of drug-likeness (QED) is 0.676. The maximum atomic E-state index is 12.3. The van der Waals surface area contributed by atoms with Gasteiger partial charge in [-0.15, -0.1) is 0 Å². The second-order valence-electron chi connectivity index (χ2n) is 6.19. The van der Waals surface area contributed by atoms with Crippen molar-refractivity contribution in [3.8, 4) is 6.07 Å². The van der Waals surface area contributed by atoms with Gasteiger partial charge in [0.05, 0.1) is 17.5 Å². The number of benzene rings is 1. The van der Waals surface area contributed by atoms with E-state index >= 15 is 0 Å². The van der Waals surface area contributed by atoms with Crippen LogP contribution in [-0.4, -0.2) is 29.5 Å². The fraction of sp³-hybridized carbons (Fsp3) is 0.500. The number of hydrogen-bond acceptors (Lipinski definition) is 5. The molecule has 7 heteroatoms. The average Bonchev–Trinajstić information content (AvgIpc) is 3.15. The van der Waals surface area contributed by atoms with Crippen LogP contribution in [0.15, 0.2) is 18.2 Å². The smallest absolute Gasteiger partial charge is 0.271 e. The first-order valence-electron chi connectivity index (χ1n) is 7.77. The molecule has 0 aromatic heterocycles.